The number of halogens is 1. The van der Waals surface area contributed by atoms with E-state index in [-0.39, 0.29) is 18.1 Å². The molecule has 2 rings (SSSR count). The van der Waals surface area contributed by atoms with Gasteiger partial charge in [0.05, 0.1) is 11.9 Å². The molecular weight excluding hydrogens is 409 g/mol. The molecule has 0 saturated carbocycles. The number of sulfonamides is 1. The van der Waals surface area contributed by atoms with E-state index < -0.39 is 34.3 Å². The average Bonchev–Trinajstić information content (AvgIpc) is 2.72. The summed E-state index contributed by atoms with van der Waals surface area (Å²) in [6.45, 7) is 1.15. The van der Waals surface area contributed by atoms with Crippen molar-refractivity contribution in [1.82, 2.24) is 10.2 Å². The van der Waals surface area contributed by atoms with E-state index >= 15 is 0 Å². The Morgan fingerprint density at radius 1 is 1.07 bits per heavy atom. The first kappa shape index (κ1) is 23.3. The van der Waals surface area contributed by atoms with Crippen molar-refractivity contribution in [1.29, 1.82) is 0 Å². The Hall–Kier alpha value is -2.94. The second-order valence-electron chi connectivity index (χ2n) is 6.83. The molecule has 0 bridgehead atoms. The number of amides is 2. The first-order valence-corrected chi connectivity index (χ1v) is 11.3. The van der Waals surface area contributed by atoms with Gasteiger partial charge in [-0.05, 0) is 31.0 Å². The Morgan fingerprint density at radius 2 is 1.67 bits per heavy atom. The molecule has 7 nitrogen and oxygen atoms in total. The predicted octanol–water partition coefficient (Wildman–Crippen LogP) is 1.80. The molecule has 0 aliphatic heterocycles. The Labute approximate surface area is 176 Å². The van der Waals surface area contributed by atoms with E-state index in [9.17, 15) is 22.4 Å². The van der Waals surface area contributed by atoms with Crippen molar-refractivity contribution in [2.75, 3.05) is 30.7 Å². The van der Waals surface area contributed by atoms with Crippen LogP contribution in [0.3, 0.4) is 0 Å². The maximum absolute atomic E-state index is 14.2. The van der Waals surface area contributed by atoms with Gasteiger partial charge < -0.3 is 10.2 Å². The van der Waals surface area contributed by atoms with Crippen LogP contribution in [0.2, 0.25) is 0 Å². The summed E-state index contributed by atoms with van der Waals surface area (Å²) in [5.41, 5.74) is 0.748. The van der Waals surface area contributed by atoms with Crippen LogP contribution in [0.4, 0.5) is 10.1 Å². The minimum Gasteiger partial charge on any atom is -0.357 e. The molecule has 2 amide bonds. The summed E-state index contributed by atoms with van der Waals surface area (Å²) in [5.74, 6) is -1.74. The molecule has 0 heterocycles. The highest BCUT2D eigenvalue weighted by atomic mass is 32.2. The zero-order valence-electron chi connectivity index (χ0n) is 17.2. The lowest BCUT2D eigenvalue weighted by molar-refractivity contribution is -0.138. The van der Waals surface area contributed by atoms with Crippen LogP contribution in [0.15, 0.2) is 54.6 Å². The summed E-state index contributed by atoms with van der Waals surface area (Å²) < 4.78 is 39.5. The maximum Gasteiger partial charge on any atom is 0.244 e. The van der Waals surface area contributed by atoms with Gasteiger partial charge in [-0.3, -0.25) is 13.9 Å². The van der Waals surface area contributed by atoms with Gasteiger partial charge in [-0.25, -0.2) is 12.8 Å². The third kappa shape index (κ3) is 6.03. The normalized spacial score (nSPS) is 12.1. The fraction of sp³-hybridized carbons (Fsp3) is 0.333. The number of rotatable bonds is 9. The number of hydrogen-bond acceptors (Lipinski definition) is 4. The highest BCUT2D eigenvalue weighted by molar-refractivity contribution is 7.92. The monoisotopic (exact) mass is 435 g/mol. The van der Waals surface area contributed by atoms with Gasteiger partial charge in [0.25, 0.3) is 0 Å². The molecule has 1 N–H and O–H groups in total. The fourth-order valence-electron chi connectivity index (χ4n) is 3.03. The number of carbonyl (C=O) groups excluding carboxylic acids is 2. The third-order valence-electron chi connectivity index (χ3n) is 4.70. The van der Waals surface area contributed by atoms with Crippen LogP contribution < -0.4 is 9.62 Å². The van der Waals surface area contributed by atoms with Crippen LogP contribution in [-0.2, 0) is 26.0 Å². The number of hydrogen-bond donors (Lipinski definition) is 1. The molecule has 162 valence electrons. The number of para-hydroxylation sites is 1. The van der Waals surface area contributed by atoms with Crippen molar-refractivity contribution in [3.8, 4) is 0 Å². The number of anilines is 1. The molecule has 2 aromatic carbocycles. The average molecular weight is 436 g/mol. The zero-order valence-corrected chi connectivity index (χ0v) is 18.0. The van der Waals surface area contributed by atoms with Crippen LogP contribution in [0.25, 0.3) is 0 Å². The van der Waals surface area contributed by atoms with Crippen molar-refractivity contribution in [3.05, 3.63) is 66.0 Å². The number of carbonyl (C=O) groups is 2. The number of nitrogens with zero attached hydrogens (tertiary/aromatic N) is 2. The summed E-state index contributed by atoms with van der Waals surface area (Å²) in [5, 5.41) is 2.50. The summed E-state index contributed by atoms with van der Waals surface area (Å²) in [6.07, 6.45) is 1.38. The standard InChI is InChI=1S/C21H26FN3O4S/c1-16(21(27)23-2)24(14-13-17-9-5-4-6-10-17)20(26)15-25(30(3,28)29)19-12-8-7-11-18(19)22/h4-12,16H,13-15H2,1-3H3,(H,23,27)/t16-/m0/s1. The van der Waals surface area contributed by atoms with E-state index in [1.165, 1.54) is 30.1 Å². The van der Waals surface area contributed by atoms with Crippen LogP contribution >= 0.6 is 0 Å². The highest BCUT2D eigenvalue weighted by Crippen LogP contribution is 2.21. The maximum atomic E-state index is 14.2. The number of benzene rings is 2. The molecule has 0 unspecified atom stereocenters. The molecule has 0 fully saturated rings. The van der Waals surface area contributed by atoms with E-state index in [2.05, 4.69) is 5.32 Å². The van der Waals surface area contributed by atoms with E-state index in [0.717, 1.165) is 22.2 Å². The molecular formula is C21H26FN3O4S. The van der Waals surface area contributed by atoms with Crippen LogP contribution in [0.5, 0.6) is 0 Å². The lowest BCUT2D eigenvalue weighted by Crippen LogP contribution is -2.51. The molecule has 0 radical (unpaired) electrons. The zero-order chi connectivity index (χ0) is 22.3. The first-order chi connectivity index (χ1) is 14.1. The fourth-order valence-corrected chi connectivity index (χ4v) is 3.88. The topological polar surface area (TPSA) is 86.8 Å². The molecule has 0 aliphatic rings. The van der Waals surface area contributed by atoms with E-state index in [4.69, 9.17) is 0 Å². The number of nitrogens with one attached hydrogen (secondary N) is 1. The van der Waals surface area contributed by atoms with Crippen molar-refractivity contribution < 1.29 is 22.4 Å². The van der Waals surface area contributed by atoms with Gasteiger partial charge in [0.2, 0.25) is 21.8 Å². The molecule has 30 heavy (non-hydrogen) atoms. The molecule has 0 saturated heterocycles. The third-order valence-corrected chi connectivity index (χ3v) is 5.82. The molecule has 0 aliphatic carbocycles. The Kier molecular flexibility index (Phi) is 7.93. The Bertz CT molecular complexity index is 983. The number of likely N-dealkylation sites (N-methyl/N-ethyl adjacent to an activating group) is 1. The molecule has 2 aromatic rings. The Morgan fingerprint density at radius 3 is 2.23 bits per heavy atom. The minimum atomic E-state index is -3.94. The lowest BCUT2D eigenvalue weighted by atomic mass is 10.1. The van der Waals surface area contributed by atoms with Gasteiger partial charge in [-0.2, -0.15) is 0 Å². The van der Waals surface area contributed by atoms with Gasteiger partial charge in [0.15, 0.2) is 0 Å². The van der Waals surface area contributed by atoms with Crippen LogP contribution in [0.1, 0.15) is 12.5 Å². The van der Waals surface area contributed by atoms with E-state index in [1.54, 1.807) is 6.92 Å². The van der Waals surface area contributed by atoms with E-state index in [1.807, 2.05) is 30.3 Å². The second kappa shape index (κ2) is 10.2. The predicted molar refractivity (Wildman–Crippen MR) is 114 cm³/mol. The summed E-state index contributed by atoms with van der Waals surface area (Å²) in [6, 6.07) is 13.9. The van der Waals surface area contributed by atoms with Crippen LogP contribution in [0, 0.1) is 5.82 Å². The van der Waals surface area contributed by atoms with Gasteiger partial charge in [-0.15, -0.1) is 0 Å². The van der Waals surface area contributed by atoms with E-state index in [0.29, 0.717) is 6.42 Å². The van der Waals surface area contributed by atoms with Gasteiger partial charge in [0.1, 0.15) is 18.4 Å². The molecule has 9 heteroatoms. The summed E-state index contributed by atoms with van der Waals surface area (Å²) in [4.78, 5) is 26.6. The quantitative estimate of drug-likeness (QED) is 0.651. The highest BCUT2D eigenvalue weighted by Gasteiger charge is 2.30. The van der Waals surface area contributed by atoms with Crippen molar-refractivity contribution in [2.24, 2.45) is 0 Å². The van der Waals surface area contributed by atoms with Gasteiger partial charge in [0, 0.05) is 13.6 Å². The SMILES string of the molecule is CNC(=O)[C@H](C)N(CCc1ccccc1)C(=O)CN(c1ccccc1F)S(C)(=O)=O. The second-order valence-corrected chi connectivity index (χ2v) is 8.74. The van der Waals surface area contributed by atoms with Crippen molar-refractivity contribution in [3.63, 3.8) is 0 Å². The molecule has 0 spiro atoms. The summed E-state index contributed by atoms with van der Waals surface area (Å²) in [7, 11) is -2.48. The van der Waals surface area contributed by atoms with Gasteiger partial charge >= 0.3 is 0 Å². The smallest absolute Gasteiger partial charge is 0.244 e. The lowest BCUT2D eigenvalue weighted by Gasteiger charge is -2.31. The van der Waals surface area contributed by atoms with Crippen LogP contribution in [-0.4, -0.2) is 57.6 Å². The molecule has 0 aromatic heterocycles. The summed E-state index contributed by atoms with van der Waals surface area (Å²) >= 11 is 0. The Balaban J connectivity index is 2.30. The van der Waals surface area contributed by atoms with Crippen molar-refractivity contribution >= 4 is 27.5 Å². The first-order valence-electron chi connectivity index (χ1n) is 9.42. The molecule has 1 atom stereocenters. The minimum absolute atomic E-state index is 0.201. The van der Waals surface area contributed by atoms with Gasteiger partial charge in [-0.1, -0.05) is 42.5 Å². The van der Waals surface area contributed by atoms with Crippen molar-refractivity contribution in [2.45, 2.75) is 19.4 Å². The largest absolute Gasteiger partial charge is 0.357 e.